The van der Waals surface area contributed by atoms with Gasteiger partial charge in [0.2, 0.25) is 5.91 Å². The summed E-state index contributed by atoms with van der Waals surface area (Å²) in [6.07, 6.45) is 2.64. The monoisotopic (exact) mass is 379 g/mol. The highest BCUT2D eigenvalue weighted by Gasteiger charge is 2.51. The number of anilines is 1. The smallest absolute Gasteiger partial charge is 0.254 e. The number of carbonyl (C=O) groups excluding carboxylic acids is 2. The number of likely N-dealkylation sites (tertiary alicyclic amines) is 2. The minimum absolute atomic E-state index is 0.0418. The first-order valence-corrected chi connectivity index (χ1v) is 10.2. The summed E-state index contributed by atoms with van der Waals surface area (Å²) in [5, 5.41) is 2.06. The predicted octanol–water partition coefficient (Wildman–Crippen LogP) is 3.38. The molecule has 2 heterocycles. The van der Waals surface area contributed by atoms with Gasteiger partial charge in [-0.3, -0.25) is 9.59 Å². The summed E-state index contributed by atoms with van der Waals surface area (Å²) in [4.78, 5) is 32.3. The molecule has 148 valence electrons. The third-order valence-corrected chi connectivity index (χ3v) is 6.35. The van der Waals surface area contributed by atoms with Crippen LogP contribution in [0.1, 0.15) is 36.5 Å². The normalized spacial score (nSPS) is 21.9. The lowest BCUT2D eigenvalue weighted by Crippen LogP contribution is -2.38. The lowest BCUT2D eigenvalue weighted by Gasteiger charge is -2.24. The lowest BCUT2D eigenvalue weighted by atomic mass is 9.85. The van der Waals surface area contributed by atoms with Crippen LogP contribution in [-0.2, 0) is 4.79 Å². The molecule has 0 aromatic heterocycles. The summed E-state index contributed by atoms with van der Waals surface area (Å²) in [6, 6.07) is 12.0. The van der Waals surface area contributed by atoms with E-state index in [-0.39, 0.29) is 17.2 Å². The number of nitrogens with zero attached hydrogens (tertiary/aromatic N) is 3. The quantitative estimate of drug-likeness (QED) is 0.818. The fraction of sp³-hybridized carbons (Fsp3) is 0.478. The van der Waals surface area contributed by atoms with Crippen LogP contribution in [0.3, 0.4) is 0 Å². The molecule has 2 amide bonds. The fourth-order valence-electron chi connectivity index (χ4n) is 4.83. The molecule has 5 nitrogen and oxygen atoms in total. The van der Waals surface area contributed by atoms with E-state index in [1.165, 1.54) is 0 Å². The third kappa shape index (κ3) is 2.93. The maximum absolute atomic E-state index is 13.4. The van der Waals surface area contributed by atoms with E-state index >= 15 is 0 Å². The maximum atomic E-state index is 13.4. The van der Waals surface area contributed by atoms with E-state index in [0.717, 1.165) is 54.4 Å². The van der Waals surface area contributed by atoms with Crippen LogP contribution in [0.2, 0.25) is 0 Å². The van der Waals surface area contributed by atoms with Crippen molar-refractivity contribution in [1.82, 2.24) is 9.80 Å². The van der Waals surface area contributed by atoms with Crippen molar-refractivity contribution < 1.29 is 9.59 Å². The summed E-state index contributed by atoms with van der Waals surface area (Å²) in [7, 11) is 4.03. The third-order valence-electron chi connectivity index (χ3n) is 6.35. The van der Waals surface area contributed by atoms with Crippen LogP contribution < -0.4 is 4.90 Å². The number of benzene rings is 2. The molecule has 1 atom stereocenters. The van der Waals surface area contributed by atoms with Crippen molar-refractivity contribution in [1.29, 1.82) is 0 Å². The Bertz CT molecular complexity index is 923. The standard InChI is InChI=1S/C23H29N3O2/c1-4-13-25-14-11-23(22(25)28)12-15-26(16-23)21(27)19-9-10-20(24(2)3)18-8-6-5-7-17(18)19/h5-10H,4,11-16H2,1-3H3. The molecule has 0 saturated carbocycles. The Morgan fingerprint density at radius 2 is 1.79 bits per heavy atom. The highest BCUT2D eigenvalue weighted by molar-refractivity contribution is 6.10. The molecule has 2 saturated heterocycles. The number of carbonyl (C=O) groups is 2. The summed E-state index contributed by atoms with van der Waals surface area (Å²) in [5.74, 6) is 0.289. The van der Waals surface area contributed by atoms with Gasteiger partial charge in [0, 0.05) is 56.9 Å². The SMILES string of the molecule is CCCN1CCC2(CCN(C(=O)c3ccc(N(C)C)c4ccccc34)C2)C1=O. The average Bonchev–Trinajstić information content (AvgIpc) is 3.26. The number of fused-ring (bicyclic) bond motifs is 1. The Morgan fingerprint density at radius 3 is 2.50 bits per heavy atom. The summed E-state index contributed by atoms with van der Waals surface area (Å²) < 4.78 is 0. The molecule has 2 aromatic rings. The van der Waals surface area contributed by atoms with E-state index in [2.05, 4.69) is 17.9 Å². The number of rotatable bonds is 4. The van der Waals surface area contributed by atoms with Crippen molar-refractivity contribution in [2.45, 2.75) is 26.2 Å². The second-order valence-electron chi connectivity index (χ2n) is 8.37. The zero-order valence-electron chi connectivity index (χ0n) is 17.1. The molecule has 0 bridgehead atoms. The van der Waals surface area contributed by atoms with Crippen molar-refractivity contribution in [3.63, 3.8) is 0 Å². The fourth-order valence-corrected chi connectivity index (χ4v) is 4.83. The summed E-state index contributed by atoms with van der Waals surface area (Å²) in [5.41, 5.74) is 1.48. The maximum Gasteiger partial charge on any atom is 0.254 e. The topological polar surface area (TPSA) is 43.9 Å². The number of amides is 2. The zero-order chi connectivity index (χ0) is 19.9. The van der Waals surface area contributed by atoms with Gasteiger partial charge < -0.3 is 14.7 Å². The predicted molar refractivity (Wildman–Crippen MR) is 113 cm³/mol. The highest BCUT2D eigenvalue weighted by Crippen LogP contribution is 2.41. The van der Waals surface area contributed by atoms with Crippen molar-refractivity contribution in [2.24, 2.45) is 5.41 Å². The van der Waals surface area contributed by atoms with Crippen molar-refractivity contribution in [3.05, 3.63) is 42.0 Å². The Kier molecular flexibility index (Phi) is 4.77. The lowest BCUT2D eigenvalue weighted by molar-refractivity contribution is -0.135. The molecule has 2 aliphatic heterocycles. The molecule has 5 heteroatoms. The van der Waals surface area contributed by atoms with Gasteiger partial charge in [0.1, 0.15) is 0 Å². The molecule has 1 spiro atoms. The van der Waals surface area contributed by atoms with Crippen LogP contribution in [-0.4, -0.2) is 61.9 Å². The van der Waals surface area contributed by atoms with Gasteiger partial charge in [-0.05, 0) is 36.8 Å². The van der Waals surface area contributed by atoms with Gasteiger partial charge in [-0.15, -0.1) is 0 Å². The van der Waals surface area contributed by atoms with Gasteiger partial charge in [-0.1, -0.05) is 31.2 Å². The van der Waals surface area contributed by atoms with E-state index < -0.39 is 0 Å². The van der Waals surface area contributed by atoms with Crippen LogP contribution in [0.4, 0.5) is 5.69 Å². The van der Waals surface area contributed by atoms with Crippen LogP contribution in [0, 0.1) is 5.41 Å². The van der Waals surface area contributed by atoms with Crippen molar-refractivity contribution in [3.8, 4) is 0 Å². The van der Waals surface area contributed by atoms with Crippen LogP contribution in [0.5, 0.6) is 0 Å². The first-order chi connectivity index (χ1) is 13.5. The number of hydrogen-bond acceptors (Lipinski definition) is 3. The first kappa shape index (κ1) is 18.8. The Morgan fingerprint density at radius 1 is 1.07 bits per heavy atom. The van der Waals surface area contributed by atoms with E-state index in [1.807, 2.05) is 54.2 Å². The Hall–Kier alpha value is -2.56. The minimum Gasteiger partial charge on any atom is -0.377 e. The molecule has 0 aliphatic carbocycles. The van der Waals surface area contributed by atoms with Crippen molar-refractivity contribution in [2.75, 3.05) is 45.2 Å². The van der Waals surface area contributed by atoms with Gasteiger partial charge >= 0.3 is 0 Å². The van der Waals surface area contributed by atoms with E-state index in [0.29, 0.717) is 13.1 Å². The second-order valence-corrected chi connectivity index (χ2v) is 8.37. The van der Waals surface area contributed by atoms with Gasteiger partial charge in [-0.25, -0.2) is 0 Å². The zero-order valence-corrected chi connectivity index (χ0v) is 17.1. The van der Waals surface area contributed by atoms with Crippen molar-refractivity contribution >= 4 is 28.3 Å². The van der Waals surface area contributed by atoms with Gasteiger partial charge in [0.15, 0.2) is 0 Å². The van der Waals surface area contributed by atoms with Gasteiger partial charge in [-0.2, -0.15) is 0 Å². The molecule has 1 unspecified atom stereocenters. The highest BCUT2D eigenvalue weighted by atomic mass is 16.2. The molecule has 0 N–H and O–H groups in total. The van der Waals surface area contributed by atoms with Crippen LogP contribution in [0.25, 0.3) is 10.8 Å². The molecule has 2 aromatic carbocycles. The van der Waals surface area contributed by atoms with E-state index in [4.69, 9.17) is 0 Å². The van der Waals surface area contributed by atoms with E-state index in [9.17, 15) is 9.59 Å². The van der Waals surface area contributed by atoms with Gasteiger partial charge in [0.25, 0.3) is 5.91 Å². The number of hydrogen-bond donors (Lipinski definition) is 0. The summed E-state index contributed by atoms with van der Waals surface area (Å²) >= 11 is 0. The minimum atomic E-state index is -0.357. The molecule has 4 rings (SSSR count). The van der Waals surface area contributed by atoms with Crippen LogP contribution >= 0.6 is 0 Å². The second kappa shape index (κ2) is 7.12. The molecule has 2 fully saturated rings. The molecular formula is C23H29N3O2. The molecule has 0 radical (unpaired) electrons. The Labute approximate surface area is 166 Å². The molecule has 2 aliphatic rings. The van der Waals surface area contributed by atoms with Gasteiger partial charge in [0.05, 0.1) is 5.41 Å². The molecule has 28 heavy (non-hydrogen) atoms. The Balaban J connectivity index is 1.62. The van der Waals surface area contributed by atoms with Crippen LogP contribution in [0.15, 0.2) is 36.4 Å². The first-order valence-electron chi connectivity index (χ1n) is 10.2. The largest absolute Gasteiger partial charge is 0.377 e. The van der Waals surface area contributed by atoms with E-state index in [1.54, 1.807) is 0 Å². The average molecular weight is 380 g/mol. The molecular weight excluding hydrogens is 350 g/mol. The summed E-state index contributed by atoms with van der Waals surface area (Å²) in [6.45, 7) is 4.97.